The van der Waals surface area contributed by atoms with E-state index in [1.165, 1.54) is 23.1 Å². The minimum absolute atomic E-state index is 0. The number of aromatic nitrogens is 1. The van der Waals surface area contributed by atoms with Crippen LogP contribution in [0.1, 0.15) is 11.3 Å². The number of thiazole rings is 1. The van der Waals surface area contributed by atoms with Gasteiger partial charge in [0.25, 0.3) is 0 Å². The quantitative estimate of drug-likeness (QED) is 0.443. The average molecular weight is 571 g/mol. The molecular formula is C19H22BrCl2N3O4S2. The van der Waals surface area contributed by atoms with Crippen LogP contribution in [0, 0.1) is 0 Å². The van der Waals surface area contributed by atoms with Gasteiger partial charge < -0.3 is 15.2 Å². The number of morpholine rings is 1. The summed E-state index contributed by atoms with van der Waals surface area (Å²) in [6.07, 6.45) is -0.196. The Labute approximate surface area is 209 Å². The van der Waals surface area contributed by atoms with Crippen molar-refractivity contribution >= 4 is 75.2 Å². The Morgan fingerprint density at radius 1 is 1.35 bits per heavy atom. The van der Waals surface area contributed by atoms with Crippen molar-refractivity contribution in [1.82, 2.24) is 15.2 Å². The van der Waals surface area contributed by atoms with Gasteiger partial charge >= 0.3 is 5.97 Å². The number of carboxylic acids is 1. The van der Waals surface area contributed by atoms with Gasteiger partial charge in [-0.25, -0.2) is 4.98 Å². The zero-order valence-corrected chi connectivity index (χ0v) is 21.2. The lowest BCUT2D eigenvalue weighted by molar-refractivity contribution is -0.136. The maximum atomic E-state index is 12.1. The second kappa shape index (κ2) is 13.0. The predicted molar refractivity (Wildman–Crippen MR) is 129 cm³/mol. The van der Waals surface area contributed by atoms with Gasteiger partial charge in [-0.15, -0.1) is 28.3 Å². The standard InChI is InChI=1S/C19H21Cl2N3O4S2.BrH/c20-15-2-1-12(5-16(15)21)8-24-3-4-28-14(9-24)7-22-17(25)11-30-19-23-13(10-29-19)6-18(26)27;/h1-2,5,10,14H,3-4,6-9,11H2,(H,22,25)(H,26,27);1H. The largest absolute Gasteiger partial charge is 0.481 e. The van der Waals surface area contributed by atoms with E-state index in [9.17, 15) is 9.59 Å². The molecule has 170 valence electrons. The molecule has 1 amide bonds. The lowest BCUT2D eigenvalue weighted by Gasteiger charge is -2.33. The average Bonchev–Trinajstić information content (AvgIpc) is 3.14. The first kappa shape index (κ1) is 26.4. The molecule has 0 radical (unpaired) electrons. The van der Waals surface area contributed by atoms with E-state index in [0.717, 1.165) is 18.7 Å². The zero-order chi connectivity index (χ0) is 21.5. The molecule has 3 rings (SSSR count). The van der Waals surface area contributed by atoms with Crippen LogP contribution in [0.25, 0.3) is 0 Å². The van der Waals surface area contributed by atoms with Gasteiger partial charge in [-0.05, 0) is 17.7 Å². The minimum atomic E-state index is -0.921. The highest BCUT2D eigenvalue weighted by Gasteiger charge is 2.21. The summed E-state index contributed by atoms with van der Waals surface area (Å²) < 4.78 is 6.45. The molecule has 7 nitrogen and oxygen atoms in total. The second-order valence-corrected chi connectivity index (χ2v) is 9.64. The van der Waals surface area contributed by atoms with Gasteiger partial charge in [0, 0.05) is 31.6 Å². The van der Waals surface area contributed by atoms with Gasteiger partial charge in [0.15, 0.2) is 4.34 Å². The summed E-state index contributed by atoms with van der Waals surface area (Å²) in [6.45, 7) is 3.28. The molecule has 2 N–H and O–H groups in total. The Bertz CT molecular complexity index is 903. The summed E-state index contributed by atoms with van der Waals surface area (Å²) in [4.78, 5) is 29.3. The van der Waals surface area contributed by atoms with Crippen LogP contribution in [0.5, 0.6) is 0 Å². The first-order valence-electron chi connectivity index (χ1n) is 9.22. The number of rotatable bonds is 9. The molecule has 1 aliphatic rings. The fourth-order valence-electron chi connectivity index (χ4n) is 2.94. The molecule has 2 aromatic rings. The molecule has 0 spiro atoms. The highest BCUT2D eigenvalue weighted by molar-refractivity contribution is 8.93. The molecule has 12 heteroatoms. The van der Waals surface area contributed by atoms with Crippen LogP contribution < -0.4 is 5.32 Å². The van der Waals surface area contributed by atoms with Crippen LogP contribution in [0.2, 0.25) is 10.0 Å². The summed E-state index contributed by atoms with van der Waals surface area (Å²) in [5.41, 5.74) is 1.59. The number of hydrogen-bond donors (Lipinski definition) is 2. The van der Waals surface area contributed by atoms with Gasteiger partial charge in [-0.2, -0.15) is 0 Å². The normalized spacial score (nSPS) is 16.5. The number of nitrogens with zero attached hydrogens (tertiary/aromatic N) is 2. The SMILES string of the molecule is Br.O=C(O)Cc1csc(SCC(=O)NCC2CN(Cc3ccc(Cl)c(Cl)c3)CCO2)n1. The van der Waals surface area contributed by atoms with Crippen LogP contribution in [0.3, 0.4) is 0 Å². The smallest absolute Gasteiger partial charge is 0.309 e. The van der Waals surface area contributed by atoms with Crippen molar-refractivity contribution in [1.29, 1.82) is 0 Å². The highest BCUT2D eigenvalue weighted by Crippen LogP contribution is 2.24. The Hall–Kier alpha value is -0.880. The van der Waals surface area contributed by atoms with E-state index in [1.807, 2.05) is 12.1 Å². The lowest BCUT2D eigenvalue weighted by Crippen LogP contribution is -2.47. The van der Waals surface area contributed by atoms with E-state index in [2.05, 4.69) is 15.2 Å². The predicted octanol–water partition coefficient (Wildman–Crippen LogP) is 3.76. The zero-order valence-electron chi connectivity index (χ0n) is 16.4. The molecule has 0 saturated carbocycles. The maximum Gasteiger partial charge on any atom is 0.309 e. The molecule has 1 aromatic heterocycles. The molecule has 1 aliphatic heterocycles. The molecule has 1 aromatic carbocycles. The number of thioether (sulfide) groups is 1. The summed E-state index contributed by atoms with van der Waals surface area (Å²) in [7, 11) is 0. The maximum absolute atomic E-state index is 12.1. The van der Waals surface area contributed by atoms with Crippen molar-refractivity contribution in [3.8, 4) is 0 Å². The number of benzene rings is 1. The summed E-state index contributed by atoms with van der Waals surface area (Å²) in [5.74, 6) is -0.810. The molecule has 31 heavy (non-hydrogen) atoms. The number of carbonyl (C=O) groups is 2. The summed E-state index contributed by atoms with van der Waals surface area (Å²) in [5, 5.41) is 14.5. The monoisotopic (exact) mass is 569 g/mol. The first-order valence-corrected chi connectivity index (χ1v) is 11.8. The number of hydrogen-bond acceptors (Lipinski definition) is 7. The number of halogens is 3. The lowest BCUT2D eigenvalue weighted by atomic mass is 10.2. The van der Waals surface area contributed by atoms with Crippen molar-refractivity contribution < 1.29 is 19.4 Å². The number of aliphatic carboxylic acids is 1. The van der Waals surface area contributed by atoms with E-state index in [4.69, 9.17) is 33.0 Å². The number of carboxylic acid groups (broad SMARTS) is 1. The summed E-state index contributed by atoms with van der Waals surface area (Å²) in [6, 6.07) is 5.62. The molecule has 1 saturated heterocycles. The van der Waals surface area contributed by atoms with Crippen LogP contribution in [-0.4, -0.2) is 65.0 Å². The molecule has 2 heterocycles. The molecule has 0 aliphatic carbocycles. The Balaban J connectivity index is 0.00000341. The molecule has 1 atom stereocenters. The van der Waals surface area contributed by atoms with Gasteiger partial charge in [-0.3, -0.25) is 14.5 Å². The second-order valence-electron chi connectivity index (χ2n) is 6.74. The van der Waals surface area contributed by atoms with Gasteiger partial charge in [0.1, 0.15) is 0 Å². The Morgan fingerprint density at radius 2 is 2.16 bits per heavy atom. The third-order valence-electron chi connectivity index (χ3n) is 4.33. The highest BCUT2D eigenvalue weighted by atomic mass is 79.9. The Morgan fingerprint density at radius 3 is 2.90 bits per heavy atom. The fraction of sp³-hybridized carbons (Fsp3) is 0.421. The summed E-state index contributed by atoms with van der Waals surface area (Å²) >= 11 is 14.7. The first-order chi connectivity index (χ1) is 14.4. The van der Waals surface area contributed by atoms with Crippen LogP contribution in [0.4, 0.5) is 0 Å². The molecule has 1 fully saturated rings. The van der Waals surface area contributed by atoms with E-state index >= 15 is 0 Å². The molecule has 0 bridgehead atoms. The van der Waals surface area contributed by atoms with Gasteiger partial charge in [0.2, 0.25) is 5.91 Å². The van der Waals surface area contributed by atoms with Crippen molar-refractivity contribution in [2.75, 3.05) is 32.0 Å². The van der Waals surface area contributed by atoms with Crippen molar-refractivity contribution in [3.05, 3.63) is 44.9 Å². The number of nitrogens with one attached hydrogen (secondary N) is 1. The van der Waals surface area contributed by atoms with Gasteiger partial charge in [0.05, 0.1) is 40.6 Å². The fourth-order valence-corrected chi connectivity index (χ4v) is 4.94. The number of carbonyl (C=O) groups excluding carboxylic acids is 1. The minimum Gasteiger partial charge on any atom is -0.481 e. The third kappa shape index (κ3) is 8.88. The van der Waals surface area contributed by atoms with Crippen LogP contribution in [-0.2, 0) is 27.3 Å². The topological polar surface area (TPSA) is 91.8 Å². The number of amides is 1. The van der Waals surface area contributed by atoms with Crippen molar-refractivity contribution in [3.63, 3.8) is 0 Å². The van der Waals surface area contributed by atoms with E-state index in [0.29, 0.717) is 39.8 Å². The third-order valence-corrected chi connectivity index (χ3v) is 7.14. The Kier molecular flexibility index (Phi) is 11.0. The van der Waals surface area contributed by atoms with E-state index in [1.54, 1.807) is 11.4 Å². The van der Waals surface area contributed by atoms with E-state index in [-0.39, 0.29) is 41.2 Å². The van der Waals surface area contributed by atoms with Gasteiger partial charge in [-0.1, -0.05) is 41.0 Å². The van der Waals surface area contributed by atoms with Crippen molar-refractivity contribution in [2.45, 2.75) is 23.4 Å². The van der Waals surface area contributed by atoms with Crippen LogP contribution >= 0.6 is 63.3 Å². The molecule has 1 unspecified atom stereocenters. The number of ether oxygens (including phenoxy) is 1. The van der Waals surface area contributed by atoms with Crippen LogP contribution in [0.15, 0.2) is 27.9 Å². The molecular weight excluding hydrogens is 549 g/mol. The van der Waals surface area contributed by atoms with Crippen molar-refractivity contribution in [2.24, 2.45) is 0 Å². The van der Waals surface area contributed by atoms with E-state index < -0.39 is 5.97 Å².